The Bertz CT molecular complexity index is 541. The number of nitrogens with zero attached hydrogens (tertiary/aromatic N) is 1. The molecule has 0 N–H and O–H groups in total. The number of allylic oxidation sites excluding steroid dienone is 4. The second-order valence-corrected chi connectivity index (χ2v) is 5.64. The van der Waals surface area contributed by atoms with Crippen molar-refractivity contribution in [2.45, 2.75) is 6.42 Å². The lowest BCUT2D eigenvalue weighted by atomic mass is 9.97. The van der Waals surface area contributed by atoms with Crippen molar-refractivity contribution in [1.82, 2.24) is 0 Å². The first kappa shape index (κ1) is 9.78. The van der Waals surface area contributed by atoms with Crippen LogP contribution in [0.5, 0.6) is 0 Å². The Kier molecular flexibility index (Phi) is 2.32. The smallest absolute Gasteiger partial charge is 0.0723 e. The highest BCUT2D eigenvalue weighted by Crippen LogP contribution is 2.42. The van der Waals surface area contributed by atoms with Crippen molar-refractivity contribution < 1.29 is 0 Å². The van der Waals surface area contributed by atoms with Crippen LogP contribution in [0.3, 0.4) is 0 Å². The summed E-state index contributed by atoms with van der Waals surface area (Å²) in [7, 11) is 0. The molecule has 0 atom stereocenters. The summed E-state index contributed by atoms with van der Waals surface area (Å²) < 4.78 is 2.43. The molecule has 0 spiro atoms. The lowest BCUT2D eigenvalue weighted by molar-refractivity contribution is 1.44. The van der Waals surface area contributed by atoms with Gasteiger partial charge in [0.15, 0.2) is 0 Å². The van der Waals surface area contributed by atoms with Crippen molar-refractivity contribution in [3.8, 4) is 0 Å². The van der Waals surface area contributed by atoms with Crippen LogP contribution in [0.1, 0.15) is 12.0 Å². The van der Waals surface area contributed by atoms with Crippen LogP contribution >= 0.6 is 38.5 Å². The monoisotopic (exact) mass is 371 g/mol. The van der Waals surface area contributed by atoms with Crippen molar-refractivity contribution >= 4 is 55.5 Å². The minimum absolute atomic E-state index is 0.950. The summed E-state index contributed by atoms with van der Waals surface area (Å²) in [6.45, 7) is 0. The van der Waals surface area contributed by atoms with Gasteiger partial charge >= 0.3 is 0 Å². The molecule has 0 aromatic heterocycles. The van der Waals surface area contributed by atoms with Crippen molar-refractivity contribution in [2.75, 3.05) is 0 Å². The van der Waals surface area contributed by atoms with Crippen LogP contribution < -0.4 is 0 Å². The molecule has 1 aromatic rings. The van der Waals surface area contributed by atoms with E-state index in [9.17, 15) is 0 Å². The lowest BCUT2D eigenvalue weighted by Crippen LogP contribution is -2.00. The van der Waals surface area contributed by atoms with Gasteiger partial charge in [0.1, 0.15) is 0 Å². The molecule has 0 radical (unpaired) electrons. The first-order valence-corrected chi connectivity index (χ1v) is 6.57. The molecular weight excluding hydrogens is 365 g/mol. The maximum Gasteiger partial charge on any atom is 0.0723 e. The number of fused-ring (bicyclic) bond motifs is 3. The highest BCUT2D eigenvalue weighted by atomic mass is 127. The van der Waals surface area contributed by atoms with E-state index in [0.717, 1.165) is 16.6 Å². The maximum atomic E-state index is 4.64. The number of benzene rings is 1. The molecule has 1 aromatic carbocycles. The van der Waals surface area contributed by atoms with Gasteiger partial charge < -0.3 is 0 Å². The van der Waals surface area contributed by atoms with Gasteiger partial charge in [-0.1, -0.05) is 28.1 Å². The third-order valence-electron chi connectivity index (χ3n) is 2.60. The van der Waals surface area contributed by atoms with Gasteiger partial charge in [-0.3, -0.25) is 4.99 Å². The van der Waals surface area contributed by atoms with Gasteiger partial charge in [-0.05, 0) is 40.8 Å². The summed E-state index contributed by atoms with van der Waals surface area (Å²) in [5.41, 5.74) is 4.81. The second kappa shape index (κ2) is 3.56. The number of hydrogen-bond acceptors (Lipinski definition) is 1. The Morgan fingerprint density at radius 3 is 3.07 bits per heavy atom. The Hall–Kier alpha value is -0.420. The molecule has 1 nitrogen and oxygen atoms in total. The van der Waals surface area contributed by atoms with E-state index in [4.69, 9.17) is 0 Å². The molecule has 2 aliphatic rings. The molecule has 3 rings (SSSR count). The number of halogens is 2. The predicted molar refractivity (Wildman–Crippen MR) is 75.9 cm³/mol. The molecule has 3 heteroatoms. The highest BCUT2D eigenvalue weighted by molar-refractivity contribution is 14.1. The number of hydrogen-bond donors (Lipinski definition) is 0. The zero-order chi connectivity index (χ0) is 10.4. The Morgan fingerprint density at radius 2 is 2.20 bits per heavy atom. The first-order chi connectivity index (χ1) is 7.25. The third kappa shape index (κ3) is 1.52. The second-order valence-electron chi connectivity index (χ2n) is 3.54. The van der Waals surface area contributed by atoms with Crippen molar-refractivity contribution in [3.63, 3.8) is 0 Å². The molecule has 15 heavy (non-hydrogen) atoms. The molecule has 0 unspecified atom stereocenters. The van der Waals surface area contributed by atoms with Crippen LogP contribution in [-0.4, -0.2) is 5.71 Å². The maximum absolute atomic E-state index is 4.64. The van der Waals surface area contributed by atoms with Gasteiger partial charge in [0, 0.05) is 25.6 Å². The van der Waals surface area contributed by atoms with E-state index in [1.807, 2.05) is 6.07 Å². The predicted octanol–water partition coefficient (Wildman–Crippen LogP) is 4.64. The average molecular weight is 372 g/mol. The fraction of sp³-hybridized carbons (Fsp3) is 0.0833. The Balaban J connectivity index is 2.26. The van der Waals surface area contributed by atoms with Gasteiger partial charge in [0.05, 0.1) is 11.4 Å². The molecule has 1 aliphatic heterocycles. The van der Waals surface area contributed by atoms with Gasteiger partial charge in [-0.15, -0.1) is 0 Å². The number of aliphatic imine (C=N–C) groups is 1. The minimum Gasteiger partial charge on any atom is -0.252 e. The van der Waals surface area contributed by atoms with E-state index >= 15 is 0 Å². The quantitative estimate of drug-likeness (QED) is 0.589. The van der Waals surface area contributed by atoms with E-state index in [2.05, 4.69) is 67.8 Å². The van der Waals surface area contributed by atoms with Gasteiger partial charge in [-0.2, -0.15) is 0 Å². The normalized spacial score (nSPS) is 17.6. The number of rotatable bonds is 0. The van der Waals surface area contributed by atoms with Crippen molar-refractivity contribution in [2.24, 2.45) is 4.99 Å². The van der Waals surface area contributed by atoms with Crippen LogP contribution in [0, 0.1) is 0 Å². The average Bonchev–Trinajstić information content (AvgIpc) is 2.57. The standard InChI is InChI=1S/C12H7BrIN/c13-9-2-1-3-11-12(9)8-6-7(14)4-5-10(8)15-11/h1-4,6H,5H2. The molecule has 1 aliphatic carbocycles. The molecular formula is C12H7BrIN. The van der Waals surface area contributed by atoms with Gasteiger partial charge in [0.25, 0.3) is 0 Å². The molecule has 0 bridgehead atoms. The summed E-state index contributed by atoms with van der Waals surface area (Å²) in [6.07, 6.45) is 5.37. The van der Waals surface area contributed by atoms with Gasteiger partial charge in [-0.25, -0.2) is 0 Å². The fourth-order valence-electron chi connectivity index (χ4n) is 1.92. The SMILES string of the molecule is Brc1cccc2c1C1=CC(I)=CCC1=N2. The van der Waals surface area contributed by atoms with Crippen LogP contribution in [0.15, 0.2) is 43.4 Å². The zero-order valence-electron chi connectivity index (χ0n) is 7.80. The van der Waals surface area contributed by atoms with E-state index in [1.54, 1.807) is 0 Å². The molecule has 74 valence electrons. The molecule has 1 heterocycles. The molecule has 0 saturated heterocycles. The Morgan fingerprint density at radius 1 is 1.33 bits per heavy atom. The summed E-state index contributed by atoms with van der Waals surface area (Å²) in [6, 6.07) is 6.17. The summed E-state index contributed by atoms with van der Waals surface area (Å²) in [5, 5.41) is 0. The largest absolute Gasteiger partial charge is 0.252 e. The van der Waals surface area contributed by atoms with Crippen LogP contribution in [0.25, 0.3) is 5.57 Å². The first-order valence-electron chi connectivity index (χ1n) is 4.70. The van der Waals surface area contributed by atoms with E-state index in [0.29, 0.717) is 0 Å². The molecule has 0 amide bonds. The van der Waals surface area contributed by atoms with E-state index < -0.39 is 0 Å². The van der Waals surface area contributed by atoms with Gasteiger partial charge in [0.2, 0.25) is 0 Å². The molecule has 0 fully saturated rings. The van der Waals surface area contributed by atoms with Crippen molar-refractivity contribution in [3.05, 3.63) is 44.0 Å². The zero-order valence-corrected chi connectivity index (χ0v) is 11.5. The highest BCUT2D eigenvalue weighted by Gasteiger charge is 2.24. The summed E-state index contributed by atoms with van der Waals surface area (Å²) in [5.74, 6) is 0. The van der Waals surface area contributed by atoms with E-state index in [-0.39, 0.29) is 0 Å². The van der Waals surface area contributed by atoms with Crippen LogP contribution in [-0.2, 0) is 0 Å². The fourth-order valence-corrected chi connectivity index (χ4v) is 3.03. The Labute approximate surface area is 110 Å². The third-order valence-corrected chi connectivity index (χ3v) is 4.01. The topological polar surface area (TPSA) is 12.4 Å². The van der Waals surface area contributed by atoms with E-state index in [1.165, 1.54) is 20.4 Å². The summed E-state index contributed by atoms with van der Waals surface area (Å²) in [4.78, 5) is 4.64. The van der Waals surface area contributed by atoms with Crippen LogP contribution in [0.4, 0.5) is 5.69 Å². The van der Waals surface area contributed by atoms with Crippen LogP contribution in [0.2, 0.25) is 0 Å². The molecule has 0 saturated carbocycles. The van der Waals surface area contributed by atoms with Crippen molar-refractivity contribution in [1.29, 1.82) is 0 Å². The summed E-state index contributed by atoms with van der Waals surface area (Å²) >= 11 is 5.95. The minimum atomic E-state index is 0.950. The lowest BCUT2D eigenvalue weighted by Gasteiger charge is -2.09.